The molecular weight excluding hydrogens is 356 g/mol. The molecule has 2 amide bonds. The third-order valence-corrected chi connectivity index (χ3v) is 3.98. The molecule has 1 atom stereocenters. The van der Waals surface area contributed by atoms with Gasteiger partial charge in [-0.1, -0.05) is 36.4 Å². The molecule has 2 aromatic carbocycles. The maximum atomic E-state index is 12.1. The summed E-state index contributed by atoms with van der Waals surface area (Å²) in [7, 11) is 1.57. The summed E-state index contributed by atoms with van der Waals surface area (Å²) in [6, 6.07) is 14.3. The van der Waals surface area contributed by atoms with Gasteiger partial charge in [0.1, 0.15) is 6.04 Å². The number of hydrogen-bond acceptors (Lipinski definition) is 4. The Hall–Kier alpha value is -3.28. The van der Waals surface area contributed by atoms with Gasteiger partial charge in [0.15, 0.2) is 11.5 Å². The highest BCUT2D eigenvalue weighted by Gasteiger charge is 2.13. The molecule has 0 saturated carbocycles. The second-order valence-corrected chi connectivity index (χ2v) is 6.11. The molecule has 6 nitrogen and oxygen atoms in total. The zero-order chi connectivity index (χ0) is 20.4. The summed E-state index contributed by atoms with van der Waals surface area (Å²) in [4.78, 5) is 24.2. The smallest absolute Gasteiger partial charge is 0.244 e. The van der Waals surface area contributed by atoms with E-state index >= 15 is 0 Å². The molecule has 2 aromatic rings. The van der Waals surface area contributed by atoms with Crippen LogP contribution in [0.5, 0.6) is 11.5 Å². The predicted octanol–water partition coefficient (Wildman–Crippen LogP) is 2.93. The van der Waals surface area contributed by atoms with Crippen LogP contribution in [0.1, 0.15) is 25.0 Å². The van der Waals surface area contributed by atoms with Crippen molar-refractivity contribution in [3.63, 3.8) is 0 Å². The highest BCUT2D eigenvalue weighted by molar-refractivity contribution is 5.95. The summed E-state index contributed by atoms with van der Waals surface area (Å²) in [6.07, 6.45) is 3.05. The molecule has 0 bridgehead atoms. The lowest BCUT2D eigenvalue weighted by Crippen LogP contribution is -2.44. The maximum Gasteiger partial charge on any atom is 0.244 e. The summed E-state index contributed by atoms with van der Waals surface area (Å²) in [5.41, 5.74) is 1.79. The number of ether oxygens (including phenoxy) is 2. The second-order valence-electron chi connectivity index (χ2n) is 6.11. The predicted molar refractivity (Wildman–Crippen MR) is 109 cm³/mol. The lowest BCUT2D eigenvalue weighted by atomic mass is 10.2. The van der Waals surface area contributed by atoms with Gasteiger partial charge in [0.05, 0.1) is 13.7 Å². The minimum absolute atomic E-state index is 0.242. The van der Waals surface area contributed by atoms with E-state index in [1.165, 1.54) is 6.08 Å². The molecule has 0 radical (unpaired) electrons. The number of nitrogens with one attached hydrogen (secondary N) is 2. The van der Waals surface area contributed by atoms with E-state index in [4.69, 9.17) is 9.47 Å². The molecule has 0 saturated heterocycles. The lowest BCUT2D eigenvalue weighted by molar-refractivity contribution is -0.126. The van der Waals surface area contributed by atoms with Gasteiger partial charge in [0.2, 0.25) is 11.8 Å². The molecule has 0 spiro atoms. The third-order valence-electron chi connectivity index (χ3n) is 3.98. The topological polar surface area (TPSA) is 76.7 Å². The Morgan fingerprint density at radius 2 is 1.86 bits per heavy atom. The summed E-state index contributed by atoms with van der Waals surface area (Å²) in [6.45, 7) is 4.47. The van der Waals surface area contributed by atoms with Gasteiger partial charge < -0.3 is 20.1 Å². The van der Waals surface area contributed by atoms with E-state index in [1.54, 1.807) is 32.2 Å². The van der Waals surface area contributed by atoms with Crippen molar-refractivity contribution in [3.05, 3.63) is 65.7 Å². The van der Waals surface area contributed by atoms with Gasteiger partial charge in [-0.3, -0.25) is 9.59 Å². The molecule has 1 unspecified atom stereocenters. The van der Waals surface area contributed by atoms with Gasteiger partial charge in [-0.25, -0.2) is 0 Å². The van der Waals surface area contributed by atoms with Crippen LogP contribution in [0.2, 0.25) is 0 Å². The Balaban J connectivity index is 1.88. The van der Waals surface area contributed by atoms with Crippen molar-refractivity contribution in [2.75, 3.05) is 13.7 Å². The molecule has 28 heavy (non-hydrogen) atoms. The average molecular weight is 382 g/mol. The quantitative estimate of drug-likeness (QED) is 0.654. The van der Waals surface area contributed by atoms with E-state index in [0.29, 0.717) is 24.7 Å². The summed E-state index contributed by atoms with van der Waals surface area (Å²) in [5.74, 6) is 0.651. The normalized spacial score (nSPS) is 11.7. The van der Waals surface area contributed by atoms with Gasteiger partial charge in [0, 0.05) is 12.6 Å². The van der Waals surface area contributed by atoms with E-state index in [9.17, 15) is 9.59 Å². The summed E-state index contributed by atoms with van der Waals surface area (Å²) >= 11 is 0. The van der Waals surface area contributed by atoms with Crippen LogP contribution >= 0.6 is 0 Å². The molecule has 0 aliphatic carbocycles. The van der Waals surface area contributed by atoms with E-state index in [1.807, 2.05) is 43.3 Å². The van der Waals surface area contributed by atoms with Crippen LogP contribution < -0.4 is 20.1 Å². The maximum absolute atomic E-state index is 12.1. The molecule has 0 fully saturated rings. The number of amides is 2. The van der Waals surface area contributed by atoms with Gasteiger partial charge in [-0.05, 0) is 43.2 Å². The highest BCUT2D eigenvalue weighted by atomic mass is 16.5. The fourth-order valence-corrected chi connectivity index (χ4v) is 2.50. The number of rotatable bonds is 9. The van der Waals surface area contributed by atoms with Crippen molar-refractivity contribution >= 4 is 17.9 Å². The van der Waals surface area contributed by atoms with E-state index in [-0.39, 0.29) is 11.8 Å². The molecule has 0 aliphatic heterocycles. The zero-order valence-electron chi connectivity index (χ0n) is 16.4. The fourth-order valence-electron chi connectivity index (χ4n) is 2.50. The Bertz CT molecular complexity index is 819. The first-order valence-corrected chi connectivity index (χ1v) is 9.14. The van der Waals surface area contributed by atoms with Crippen molar-refractivity contribution in [2.45, 2.75) is 26.4 Å². The zero-order valence-corrected chi connectivity index (χ0v) is 16.4. The van der Waals surface area contributed by atoms with Crippen LogP contribution in [0.3, 0.4) is 0 Å². The second kappa shape index (κ2) is 10.8. The van der Waals surface area contributed by atoms with E-state index in [0.717, 1.165) is 11.1 Å². The lowest BCUT2D eigenvalue weighted by Gasteiger charge is -2.13. The molecular formula is C22H26N2O4. The van der Waals surface area contributed by atoms with Crippen LogP contribution in [0, 0.1) is 0 Å². The van der Waals surface area contributed by atoms with Gasteiger partial charge in [-0.15, -0.1) is 0 Å². The van der Waals surface area contributed by atoms with Gasteiger partial charge in [-0.2, -0.15) is 0 Å². The number of hydrogen-bond donors (Lipinski definition) is 2. The van der Waals surface area contributed by atoms with Crippen LogP contribution in [0.25, 0.3) is 6.08 Å². The first-order valence-electron chi connectivity index (χ1n) is 9.14. The minimum Gasteiger partial charge on any atom is -0.493 e. The van der Waals surface area contributed by atoms with Crippen molar-refractivity contribution in [2.24, 2.45) is 0 Å². The Morgan fingerprint density at radius 3 is 2.54 bits per heavy atom. The average Bonchev–Trinajstić information content (AvgIpc) is 2.71. The third kappa shape index (κ3) is 6.46. The molecule has 2 rings (SSSR count). The molecule has 0 aromatic heterocycles. The Morgan fingerprint density at radius 1 is 1.11 bits per heavy atom. The molecule has 0 heterocycles. The number of benzene rings is 2. The number of carbonyl (C=O) groups is 2. The number of methoxy groups -OCH3 is 1. The van der Waals surface area contributed by atoms with Crippen LogP contribution in [0.4, 0.5) is 0 Å². The Labute approximate surface area is 165 Å². The monoisotopic (exact) mass is 382 g/mol. The van der Waals surface area contributed by atoms with Crippen LogP contribution in [0.15, 0.2) is 54.6 Å². The van der Waals surface area contributed by atoms with E-state index < -0.39 is 6.04 Å². The van der Waals surface area contributed by atoms with Crippen molar-refractivity contribution in [1.29, 1.82) is 0 Å². The standard InChI is InChI=1S/C22H26N2O4/c1-4-28-20-14-17(10-12-19(20)27-3)11-13-21(25)24-16(2)22(26)23-15-18-8-6-5-7-9-18/h5-14,16H,4,15H2,1-3H3,(H,23,26)(H,24,25)/b13-11+. The number of carbonyl (C=O) groups excluding carboxylic acids is 2. The first kappa shape index (κ1) is 21.0. The molecule has 0 aliphatic rings. The fraction of sp³-hybridized carbons (Fsp3) is 0.273. The largest absolute Gasteiger partial charge is 0.493 e. The van der Waals surface area contributed by atoms with Crippen molar-refractivity contribution < 1.29 is 19.1 Å². The highest BCUT2D eigenvalue weighted by Crippen LogP contribution is 2.28. The van der Waals surface area contributed by atoms with Crippen molar-refractivity contribution in [1.82, 2.24) is 10.6 Å². The van der Waals surface area contributed by atoms with Gasteiger partial charge >= 0.3 is 0 Å². The van der Waals surface area contributed by atoms with Crippen LogP contribution in [-0.2, 0) is 16.1 Å². The van der Waals surface area contributed by atoms with E-state index in [2.05, 4.69) is 10.6 Å². The SMILES string of the molecule is CCOc1cc(/C=C/C(=O)NC(C)C(=O)NCc2ccccc2)ccc1OC. The molecule has 6 heteroatoms. The van der Waals surface area contributed by atoms with Crippen molar-refractivity contribution in [3.8, 4) is 11.5 Å². The minimum atomic E-state index is -0.643. The van der Waals surface area contributed by atoms with Crippen LogP contribution in [-0.4, -0.2) is 31.6 Å². The Kier molecular flexibility index (Phi) is 8.09. The van der Waals surface area contributed by atoms with Gasteiger partial charge in [0.25, 0.3) is 0 Å². The molecule has 2 N–H and O–H groups in total. The summed E-state index contributed by atoms with van der Waals surface area (Å²) in [5, 5.41) is 5.46. The molecule has 148 valence electrons. The summed E-state index contributed by atoms with van der Waals surface area (Å²) < 4.78 is 10.8. The first-order chi connectivity index (χ1) is 13.5.